The lowest BCUT2D eigenvalue weighted by molar-refractivity contribution is -0.146. The van der Waals surface area contributed by atoms with E-state index in [1.807, 2.05) is 0 Å². The Morgan fingerprint density at radius 2 is 1.72 bits per heavy atom. The zero-order valence-corrected chi connectivity index (χ0v) is 9.43. The maximum atomic E-state index is 11.7. The van der Waals surface area contributed by atoms with E-state index in [0.717, 1.165) is 19.1 Å². The molecule has 0 saturated carbocycles. The Morgan fingerprint density at radius 3 is 2.39 bits per heavy atom. The van der Waals surface area contributed by atoms with Crippen molar-refractivity contribution in [2.24, 2.45) is 0 Å². The molecule has 1 aromatic rings. The molecule has 90 valence electrons. The molecule has 18 heavy (non-hydrogen) atoms. The molecule has 0 spiro atoms. The second kappa shape index (κ2) is 4.37. The van der Waals surface area contributed by atoms with Crippen LogP contribution in [0.3, 0.4) is 0 Å². The van der Waals surface area contributed by atoms with E-state index in [1.165, 1.54) is 18.2 Å². The Kier molecular flexibility index (Phi) is 2.89. The molecular weight excluding hydrogens is 236 g/mol. The summed E-state index contributed by atoms with van der Waals surface area (Å²) in [5, 5.41) is 0. The summed E-state index contributed by atoms with van der Waals surface area (Å²) >= 11 is 0. The molecule has 1 aromatic carbocycles. The van der Waals surface area contributed by atoms with Crippen LogP contribution in [0, 0.1) is 0 Å². The van der Waals surface area contributed by atoms with Crippen molar-refractivity contribution in [1.29, 1.82) is 0 Å². The van der Waals surface area contributed by atoms with Gasteiger partial charge < -0.3 is 4.74 Å². The van der Waals surface area contributed by atoms with Crippen molar-refractivity contribution < 1.29 is 23.9 Å². The zero-order chi connectivity index (χ0) is 13.3. The minimum Gasteiger partial charge on any atom is -0.420 e. The third-order valence-corrected chi connectivity index (χ3v) is 2.41. The molecule has 0 radical (unpaired) electrons. The average molecular weight is 244 g/mol. The topological polar surface area (TPSA) is 77.5 Å². The molecule has 0 amide bonds. The lowest BCUT2D eigenvalue weighted by Crippen LogP contribution is -2.20. The van der Waals surface area contributed by atoms with E-state index in [-0.39, 0.29) is 22.7 Å². The first-order valence-electron chi connectivity index (χ1n) is 5.13. The Labute approximate surface area is 102 Å². The summed E-state index contributed by atoms with van der Waals surface area (Å²) in [5.41, 5.74) is 0.177. The molecule has 0 N–H and O–H groups in total. The highest BCUT2D eigenvalue weighted by Crippen LogP contribution is 2.27. The van der Waals surface area contributed by atoms with E-state index < -0.39 is 17.5 Å². The summed E-state index contributed by atoms with van der Waals surface area (Å²) in [4.78, 5) is 45.3. The number of Topliss-reactive ketones (excluding diaryl/α,β-unsaturated/α-hetero) is 1. The van der Waals surface area contributed by atoms with Crippen LogP contribution in [-0.2, 0) is 9.59 Å². The van der Waals surface area contributed by atoms with Crippen LogP contribution in [0.4, 0.5) is 0 Å². The van der Waals surface area contributed by atoms with Gasteiger partial charge in [-0.25, -0.2) is 4.79 Å². The lowest BCUT2D eigenvalue weighted by atomic mass is 9.94. The fourth-order valence-corrected chi connectivity index (χ4v) is 1.57. The van der Waals surface area contributed by atoms with Crippen molar-refractivity contribution in [2.45, 2.75) is 6.92 Å². The number of ketones is 3. The van der Waals surface area contributed by atoms with Gasteiger partial charge in [-0.05, 0) is 18.2 Å². The van der Waals surface area contributed by atoms with Crippen molar-refractivity contribution in [1.82, 2.24) is 0 Å². The minimum absolute atomic E-state index is 0.0135. The predicted molar refractivity (Wildman–Crippen MR) is 60.6 cm³/mol. The zero-order valence-electron chi connectivity index (χ0n) is 9.43. The third-order valence-electron chi connectivity index (χ3n) is 2.41. The molecule has 1 aliphatic carbocycles. The molecule has 0 fully saturated rings. The van der Waals surface area contributed by atoms with E-state index >= 15 is 0 Å². The molecule has 2 rings (SSSR count). The highest BCUT2D eigenvalue weighted by Gasteiger charge is 2.24. The number of ether oxygens (including phenoxy) is 1. The van der Waals surface area contributed by atoms with Crippen molar-refractivity contribution in [3.8, 4) is 5.75 Å². The lowest BCUT2D eigenvalue weighted by Gasteiger charge is -2.12. The number of fused-ring (bicyclic) bond motifs is 1. The number of esters is 1. The second-order valence-corrected chi connectivity index (χ2v) is 3.69. The summed E-state index contributed by atoms with van der Waals surface area (Å²) in [6, 6.07) is 4.31. The molecule has 0 unspecified atom stereocenters. The molecule has 1 aliphatic rings. The number of carbonyl (C=O) groups is 4. The second-order valence-electron chi connectivity index (χ2n) is 3.69. The number of benzene rings is 1. The van der Waals surface area contributed by atoms with Gasteiger partial charge >= 0.3 is 5.97 Å². The van der Waals surface area contributed by atoms with Crippen LogP contribution in [-0.4, -0.2) is 23.3 Å². The van der Waals surface area contributed by atoms with E-state index in [1.54, 1.807) is 0 Å². The van der Waals surface area contributed by atoms with Gasteiger partial charge in [0.15, 0.2) is 11.6 Å². The monoisotopic (exact) mass is 244 g/mol. The molecule has 0 bridgehead atoms. The first-order valence-corrected chi connectivity index (χ1v) is 5.13. The summed E-state index contributed by atoms with van der Waals surface area (Å²) in [5.74, 6) is -2.70. The van der Waals surface area contributed by atoms with Crippen molar-refractivity contribution in [2.75, 3.05) is 0 Å². The minimum atomic E-state index is -1.07. The summed E-state index contributed by atoms with van der Waals surface area (Å²) in [6.45, 7) is 1.06. The summed E-state index contributed by atoms with van der Waals surface area (Å²) in [7, 11) is 0. The maximum Gasteiger partial charge on any atom is 0.379 e. The average Bonchev–Trinajstić information content (AvgIpc) is 2.34. The van der Waals surface area contributed by atoms with Gasteiger partial charge in [-0.2, -0.15) is 0 Å². The number of rotatable bonds is 2. The maximum absolute atomic E-state index is 11.7. The molecule has 0 aliphatic heterocycles. The van der Waals surface area contributed by atoms with Crippen LogP contribution in [0.1, 0.15) is 27.6 Å². The van der Waals surface area contributed by atoms with E-state index in [9.17, 15) is 19.2 Å². The third kappa shape index (κ3) is 1.98. The standard InChI is InChI=1S/C13H8O5/c1-7(14)13(17)18-11-4-2-3-8-9(15)5-6-10(16)12(8)11/h2-6H,1H3. The normalized spacial score (nSPS) is 13.2. The van der Waals surface area contributed by atoms with E-state index in [0.29, 0.717) is 0 Å². The fraction of sp³-hybridized carbons (Fsp3) is 0.0769. The van der Waals surface area contributed by atoms with Crippen LogP contribution >= 0.6 is 0 Å². The molecule has 0 atom stereocenters. The van der Waals surface area contributed by atoms with Crippen LogP contribution in [0.5, 0.6) is 5.75 Å². The Bertz CT molecular complexity index is 610. The van der Waals surface area contributed by atoms with Gasteiger partial charge in [-0.1, -0.05) is 12.1 Å². The molecule has 0 aromatic heterocycles. The van der Waals surface area contributed by atoms with Crippen LogP contribution in [0.2, 0.25) is 0 Å². The number of hydrogen-bond donors (Lipinski definition) is 0. The number of carbonyl (C=O) groups excluding carboxylic acids is 4. The predicted octanol–water partition coefficient (Wildman–Crippen LogP) is 1.12. The SMILES string of the molecule is CC(=O)C(=O)Oc1cccc2c1C(=O)C=CC2=O. The van der Waals surface area contributed by atoms with E-state index in [4.69, 9.17) is 4.74 Å². The van der Waals surface area contributed by atoms with Gasteiger partial charge in [0.25, 0.3) is 0 Å². The Balaban J connectivity index is 2.49. The Morgan fingerprint density at radius 1 is 1.06 bits per heavy atom. The van der Waals surface area contributed by atoms with Crippen LogP contribution < -0.4 is 4.74 Å². The summed E-state index contributed by atoms with van der Waals surface area (Å²) in [6.07, 6.45) is 2.26. The van der Waals surface area contributed by atoms with Crippen LogP contribution in [0.25, 0.3) is 0 Å². The number of allylic oxidation sites excluding steroid dienone is 2. The fourth-order valence-electron chi connectivity index (χ4n) is 1.57. The molecule has 5 heteroatoms. The van der Waals surface area contributed by atoms with Gasteiger partial charge in [0, 0.05) is 12.5 Å². The van der Waals surface area contributed by atoms with E-state index in [2.05, 4.69) is 0 Å². The van der Waals surface area contributed by atoms with Gasteiger partial charge in [0.1, 0.15) is 5.75 Å². The molecular formula is C13H8O5. The molecule has 0 heterocycles. The Hall–Kier alpha value is -2.56. The largest absolute Gasteiger partial charge is 0.420 e. The highest BCUT2D eigenvalue weighted by atomic mass is 16.5. The summed E-state index contributed by atoms with van der Waals surface area (Å²) < 4.78 is 4.80. The van der Waals surface area contributed by atoms with Gasteiger partial charge in [-0.15, -0.1) is 0 Å². The van der Waals surface area contributed by atoms with Gasteiger partial charge in [-0.3, -0.25) is 14.4 Å². The number of hydrogen-bond acceptors (Lipinski definition) is 5. The molecule has 0 saturated heterocycles. The first kappa shape index (κ1) is 11.9. The van der Waals surface area contributed by atoms with Gasteiger partial charge in [0.2, 0.25) is 5.78 Å². The first-order chi connectivity index (χ1) is 8.50. The van der Waals surface area contributed by atoms with Crippen molar-refractivity contribution in [3.05, 3.63) is 41.5 Å². The van der Waals surface area contributed by atoms with Crippen molar-refractivity contribution in [3.63, 3.8) is 0 Å². The van der Waals surface area contributed by atoms with Crippen LogP contribution in [0.15, 0.2) is 30.4 Å². The highest BCUT2D eigenvalue weighted by molar-refractivity contribution is 6.33. The molecule has 5 nitrogen and oxygen atoms in total. The van der Waals surface area contributed by atoms with Crippen molar-refractivity contribution >= 4 is 23.3 Å². The quantitative estimate of drug-likeness (QED) is 0.442. The smallest absolute Gasteiger partial charge is 0.379 e. The van der Waals surface area contributed by atoms with Gasteiger partial charge in [0.05, 0.1) is 5.56 Å².